The average molecular weight is 262 g/mol. The molecule has 0 saturated carbocycles. The van der Waals surface area contributed by atoms with Crippen LogP contribution in [0, 0.1) is 0 Å². The Hall–Kier alpha value is -1.35. The molecule has 106 valence electrons. The van der Waals surface area contributed by atoms with E-state index in [2.05, 4.69) is 30.9 Å². The summed E-state index contributed by atoms with van der Waals surface area (Å²) in [4.78, 5) is 16.3. The number of carbonyl (C=O) groups is 1. The first-order valence-electron chi connectivity index (χ1n) is 7.17. The van der Waals surface area contributed by atoms with E-state index in [1.807, 2.05) is 30.1 Å². The van der Waals surface area contributed by atoms with E-state index in [-0.39, 0.29) is 5.91 Å². The number of amides is 1. The smallest absolute Gasteiger partial charge is 0.236 e. The fourth-order valence-electron chi connectivity index (χ4n) is 2.18. The van der Waals surface area contributed by atoms with Crippen molar-refractivity contribution in [3.8, 4) is 0 Å². The van der Waals surface area contributed by atoms with Gasteiger partial charge < -0.3 is 4.90 Å². The Labute approximate surface area is 117 Å². The maximum absolute atomic E-state index is 12.2. The van der Waals surface area contributed by atoms with Gasteiger partial charge in [0, 0.05) is 19.6 Å². The first-order valence-corrected chi connectivity index (χ1v) is 7.17. The molecule has 0 fully saturated rings. The van der Waals surface area contributed by atoms with Gasteiger partial charge in [0.05, 0.1) is 6.54 Å². The van der Waals surface area contributed by atoms with Crippen LogP contribution in [-0.4, -0.2) is 42.4 Å². The Morgan fingerprint density at radius 1 is 1.05 bits per heavy atom. The van der Waals surface area contributed by atoms with Crippen molar-refractivity contribution in [3.05, 3.63) is 35.9 Å². The molecular weight excluding hydrogens is 236 g/mol. The quantitative estimate of drug-likeness (QED) is 0.719. The molecule has 0 N–H and O–H groups in total. The standard InChI is InChI=1S/C16H26N2O/c1-4-11-18(12-5-2)16(19)14-17(3)13-15-9-7-6-8-10-15/h6-10H,4-5,11-14H2,1-3H3. The predicted molar refractivity (Wildman–Crippen MR) is 79.9 cm³/mol. The number of hydrogen-bond donors (Lipinski definition) is 0. The van der Waals surface area contributed by atoms with Gasteiger partial charge in [-0.1, -0.05) is 44.2 Å². The summed E-state index contributed by atoms with van der Waals surface area (Å²) in [7, 11) is 2.00. The van der Waals surface area contributed by atoms with Gasteiger partial charge in [0.25, 0.3) is 0 Å². The highest BCUT2D eigenvalue weighted by molar-refractivity contribution is 5.78. The number of hydrogen-bond acceptors (Lipinski definition) is 2. The normalized spacial score (nSPS) is 10.7. The molecule has 0 bridgehead atoms. The van der Waals surface area contributed by atoms with Crippen LogP contribution in [0.2, 0.25) is 0 Å². The zero-order valence-corrected chi connectivity index (χ0v) is 12.4. The molecule has 0 aliphatic heterocycles. The van der Waals surface area contributed by atoms with Crippen molar-refractivity contribution in [1.29, 1.82) is 0 Å². The number of rotatable bonds is 8. The third kappa shape index (κ3) is 5.88. The summed E-state index contributed by atoms with van der Waals surface area (Å²) in [5.74, 6) is 0.238. The Morgan fingerprint density at radius 3 is 2.16 bits per heavy atom. The number of likely N-dealkylation sites (N-methyl/N-ethyl adjacent to an activating group) is 1. The maximum atomic E-state index is 12.2. The summed E-state index contributed by atoms with van der Waals surface area (Å²) >= 11 is 0. The van der Waals surface area contributed by atoms with E-state index >= 15 is 0 Å². The molecule has 0 aliphatic carbocycles. The molecule has 0 radical (unpaired) electrons. The summed E-state index contributed by atoms with van der Waals surface area (Å²) in [6, 6.07) is 10.3. The lowest BCUT2D eigenvalue weighted by Crippen LogP contribution is -2.39. The van der Waals surface area contributed by atoms with Crippen LogP contribution in [0.1, 0.15) is 32.3 Å². The summed E-state index contributed by atoms with van der Waals surface area (Å²) < 4.78 is 0. The van der Waals surface area contributed by atoms with Crippen molar-refractivity contribution in [1.82, 2.24) is 9.80 Å². The largest absolute Gasteiger partial charge is 0.342 e. The Morgan fingerprint density at radius 2 is 1.63 bits per heavy atom. The van der Waals surface area contributed by atoms with Gasteiger partial charge in [-0.25, -0.2) is 0 Å². The van der Waals surface area contributed by atoms with E-state index in [0.29, 0.717) is 6.54 Å². The highest BCUT2D eigenvalue weighted by Gasteiger charge is 2.13. The highest BCUT2D eigenvalue weighted by atomic mass is 16.2. The molecule has 19 heavy (non-hydrogen) atoms. The van der Waals surface area contributed by atoms with Crippen LogP contribution in [-0.2, 0) is 11.3 Å². The molecule has 0 saturated heterocycles. The minimum Gasteiger partial charge on any atom is -0.342 e. The lowest BCUT2D eigenvalue weighted by molar-refractivity contribution is -0.132. The topological polar surface area (TPSA) is 23.6 Å². The second-order valence-electron chi connectivity index (χ2n) is 5.04. The maximum Gasteiger partial charge on any atom is 0.236 e. The summed E-state index contributed by atoms with van der Waals surface area (Å²) in [6.07, 6.45) is 2.04. The molecule has 0 aromatic heterocycles. The first kappa shape index (κ1) is 15.7. The van der Waals surface area contributed by atoms with E-state index in [0.717, 1.165) is 32.5 Å². The lowest BCUT2D eigenvalue weighted by atomic mass is 10.2. The number of benzene rings is 1. The van der Waals surface area contributed by atoms with Crippen LogP contribution in [0.4, 0.5) is 0 Å². The van der Waals surface area contributed by atoms with Crippen LogP contribution < -0.4 is 0 Å². The fraction of sp³-hybridized carbons (Fsp3) is 0.562. The van der Waals surface area contributed by atoms with Crippen molar-refractivity contribution < 1.29 is 4.79 Å². The number of carbonyl (C=O) groups excluding carboxylic acids is 1. The van der Waals surface area contributed by atoms with Gasteiger partial charge in [0.1, 0.15) is 0 Å². The summed E-state index contributed by atoms with van der Waals surface area (Å²) in [5.41, 5.74) is 1.25. The van der Waals surface area contributed by atoms with E-state index in [4.69, 9.17) is 0 Å². The highest BCUT2D eigenvalue weighted by Crippen LogP contribution is 2.04. The Kier molecular flexibility index (Phi) is 7.19. The minimum absolute atomic E-state index is 0.238. The minimum atomic E-state index is 0.238. The van der Waals surface area contributed by atoms with Gasteiger partial charge in [-0.05, 0) is 25.5 Å². The van der Waals surface area contributed by atoms with Gasteiger partial charge in [0.15, 0.2) is 0 Å². The zero-order valence-electron chi connectivity index (χ0n) is 12.4. The van der Waals surface area contributed by atoms with E-state index in [9.17, 15) is 4.79 Å². The van der Waals surface area contributed by atoms with Crippen LogP contribution in [0.5, 0.6) is 0 Å². The molecule has 0 atom stereocenters. The molecule has 1 aromatic rings. The molecule has 1 amide bonds. The monoisotopic (exact) mass is 262 g/mol. The fourth-order valence-corrected chi connectivity index (χ4v) is 2.18. The second kappa shape index (κ2) is 8.70. The molecule has 0 unspecified atom stereocenters. The van der Waals surface area contributed by atoms with E-state index in [1.54, 1.807) is 0 Å². The van der Waals surface area contributed by atoms with Gasteiger partial charge in [0.2, 0.25) is 5.91 Å². The molecular formula is C16H26N2O. The molecule has 1 rings (SSSR count). The molecule has 3 heteroatoms. The zero-order chi connectivity index (χ0) is 14.1. The molecule has 0 heterocycles. The molecule has 1 aromatic carbocycles. The van der Waals surface area contributed by atoms with Gasteiger partial charge in [-0.2, -0.15) is 0 Å². The Balaban J connectivity index is 2.45. The van der Waals surface area contributed by atoms with Crippen LogP contribution >= 0.6 is 0 Å². The third-order valence-corrected chi connectivity index (χ3v) is 3.04. The number of nitrogens with zero attached hydrogens (tertiary/aromatic N) is 2. The van der Waals surface area contributed by atoms with Crippen molar-refractivity contribution in [2.45, 2.75) is 33.2 Å². The van der Waals surface area contributed by atoms with Crippen LogP contribution in [0.25, 0.3) is 0 Å². The van der Waals surface area contributed by atoms with Gasteiger partial charge in [-0.15, -0.1) is 0 Å². The lowest BCUT2D eigenvalue weighted by Gasteiger charge is -2.24. The van der Waals surface area contributed by atoms with E-state index in [1.165, 1.54) is 5.56 Å². The van der Waals surface area contributed by atoms with Crippen molar-refractivity contribution in [2.75, 3.05) is 26.7 Å². The summed E-state index contributed by atoms with van der Waals surface area (Å²) in [6.45, 7) is 7.28. The summed E-state index contributed by atoms with van der Waals surface area (Å²) in [5, 5.41) is 0. The van der Waals surface area contributed by atoms with Gasteiger partial charge in [-0.3, -0.25) is 9.69 Å². The predicted octanol–water partition coefficient (Wildman–Crippen LogP) is 2.77. The van der Waals surface area contributed by atoms with Crippen LogP contribution in [0.15, 0.2) is 30.3 Å². The van der Waals surface area contributed by atoms with Crippen LogP contribution in [0.3, 0.4) is 0 Å². The second-order valence-corrected chi connectivity index (χ2v) is 5.04. The molecule has 0 spiro atoms. The first-order chi connectivity index (χ1) is 9.17. The van der Waals surface area contributed by atoms with Gasteiger partial charge >= 0.3 is 0 Å². The van der Waals surface area contributed by atoms with Crippen molar-refractivity contribution >= 4 is 5.91 Å². The third-order valence-electron chi connectivity index (χ3n) is 3.04. The molecule has 0 aliphatic rings. The van der Waals surface area contributed by atoms with Crippen molar-refractivity contribution in [3.63, 3.8) is 0 Å². The average Bonchev–Trinajstić information content (AvgIpc) is 2.39. The van der Waals surface area contributed by atoms with E-state index < -0.39 is 0 Å². The van der Waals surface area contributed by atoms with Crippen molar-refractivity contribution in [2.24, 2.45) is 0 Å². The Bertz CT molecular complexity index is 358. The SMILES string of the molecule is CCCN(CCC)C(=O)CN(C)Cc1ccccc1. The molecule has 3 nitrogen and oxygen atoms in total.